The minimum atomic E-state index is -0.360. The van der Waals surface area contributed by atoms with Gasteiger partial charge in [-0.15, -0.1) is 0 Å². The van der Waals surface area contributed by atoms with Crippen molar-refractivity contribution < 1.29 is 4.92 Å². The van der Waals surface area contributed by atoms with Crippen molar-refractivity contribution in [3.05, 3.63) is 70.0 Å². The Morgan fingerprint density at radius 3 is 2.67 bits per heavy atom. The lowest BCUT2D eigenvalue weighted by Gasteiger charge is -2.22. The molecule has 21 heavy (non-hydrogen) atoms. The third-order valence-electron chi connectivity index (χ3n) is 3.53. The molecule has 2 unspecified atom stereocenters. The normalized spacial score (nSPS) is 13.6. The van der Waals surface area contributed by atoms with E-state index in [1.165, 1.54) is 6.07 Å². The molecule has 5 nitrogen and oxygen atoms in total. The number of benzene rings is 1. The van der Waals surface area contributed by atoms with Gasteiger partial charge >= 0.3 is 0 Å². The second kappa shape index (κ2) is 6.95. The second-order valence-corrected chi connectivity index (χ2v) is 4.99. The van der Waals surface area contributed by atoms with E-state index in [0.717, 1.165) is 17.5 Å². The van der Waals surface area contributed by atoms with Gasteiger partial charge in [0.2, 0.25) is 0 Å². The van der Waals surface area contributed by atoms with E-state index >= 15 is 0 Å². The molecule has 5 heteroatoms. The van der Waals surface area contributed by atoms with E-state index in [1.807, 2.05) is 24.4 Å². The monoisotopic (exact) mass is 285 g/mol. The molecule has 1 aromatic heterocycles. The molecular formula is C16H19N3O2. The van der Waals surface area contributed by atoms with Crippen LogP contribution in [-0.4, -0.2) is 9.91 Å². The van der Waals surface area contributed by atoms with Crippen LogP contribution in [0.15, 0.2) is 48.8 Å². The number of rotatable bonds is 6. The first kappa shape index (κ1) is 15.1. The van der Waals surface area contributed by atoms with Gasteiger partial charge in [-0.25, -0.2) is 0 Å². The molecule has 2 atom stereocenters. The van der Waals surface area contributed by atoms with Crippen LogP contribution in [0.3, 0.4) is 0 Å². The summed E-state index contributed by atoms with van der Waals surface area (Å²) in [5.74, 6) is 0. The van der Waals surface area contributed by atoms with Crippen molar-refractivity contribution in [2.75, 3.05) is 0 Å². The average Bonchev–Trinajstić information content (AvgIpc) is 2.53. The largest absolute Gasteiger partial charge is 0.303 e. The lowest BCUT2D eigenvalue weighted by atomic mass is 10.0. The van der Waals surface area contributed by atoms with Gasteiger partial charge in [-0.05, 0) is 30.5 Å². The van der Waals surface area contributed by atoms with Crippen LogP contribution in [0.25, 0.3) is 0 Å². The fraction of sp³-hybridized carbons (Fsp3) is 0.312. The minimum absolute atomic E-state index is 0.0695. The molecule has 110 valence electrons. The zero-order valence-electron chi connectivity index (χ0n) is 12.2. The summed E-state index contributed by atoms with van der Waals surface area (Å²) in [5, 5.41) is 14.4. The average molecular weight is 285 g/mol. The zero-order chi connectivity index (χ0) is 15.2. The van der Waals surface area contributed by atoms with Crippen molar-refractivity contribution in [3.63, 3.8) is 0 Å². The van der Waals surface area contributed by atoms with E-state index in [2.05, 4.69) is 24.1 Å². The third-order valence-corrected chi connectivity index (χ3v) is 3.53. The van der Waals surface area contributed by atoms with E-state index < -0.39 is 0 Å². The predicted molar refractivity (Wildman–Crippen MR) is 81.9 cm³/mol. The summed E-state index contributed by atoms with van der Waals surface area (Å²) >= 11 is 0. The first-order valence-corrected chi connectivity index (χ1v) is 7.02. The van der Waals surface area contributed by atoms with E-state index in [0.29, 0.717) is 0 Å². The summed E-state index contributed by atoms with van der Waals surface area (Å²) in [6.45, 7) is 4.13. The van der Waals surface area contributed by atoms with Gasteiger partial charge in [0.25, 0.3) is 5.69 Å². The molecule has 1 aromatic carbocycles. The van der Waals surface area contributed by atoms with Gasteiger partial charge in [-0.3, -0.25) is 15.1 Å². The molecule has 0 amide bonds. The molecule has 0 saturated heterocycles. The summed E-state index contributed by atoms with van der Waals surface area (Å²) in [6, 6.07) is 10.9. The van der Waals surface area contributed by atoms with Crippen LogP contribution in [0.5, 0.6) is 0 Å². The Kier molecular flexibility index (Phi) is 5.00. The highest BCUT2D eigenvalue weighted by Crippen LogP contribution is 2.24. The van der Waals surface area contributed by atoms with Gasteiger partial charge in [0.15, 0.2) is 0 Å². The third kappa shape index (κ3) is 3.86. The fourth-order valence-electron chi connectivity index (χ4n) is 2.33. The highest BCUT2D eigenvalue weighted by Gasteiger charge is 2.16. The van der Waals surface area contributed by atoms with Crippen LogP contribution < -0.4 is 5.32 Å². The number of nitro benzene ring substituents is 1. The number of nitrogens with zero attached hydrogens (tertiary/aromatic N) is 2. The summed E-state index contributed by atoms with van der Waals surface area (Å²) in [5.41, 5.74) is 2.16. The summed E-state index contributed by atoms with van der Waals surface area (Å²) < 4.78 is 0. The molecule has 0 aliphatic carbocycles. The van der Waals surface area contributed by atoms with E-state index in [-0.39, 0.29) is 22.7 Å². The first-order valence-electron chi connectivity index (χ1n) is 7.02. The number of non-ortho nitro benzene ring substituents is 1. The molecule has 0 bridgehead atoms. The van der Waals surface area contributed by atoms with Crippen molar-refractivity contribution in [1.29, 1.82) is 0 Å². The first-order chi connectivity index (χ1) is 10.1. The van der Waals surface area contributed by atoms with Gasteiger partial charge in [0, 0.05) is 36.6 Å². The standard InChI is InChI=1S/C16H19N3O2/c1-3-16(13-6-4-8-15(10-13)19(20)21)18-12(2)14-7-5-9-17-11-14/h4-12,16,18H,3H2,1-2H3. The molecule has 0 aliphatic heterocycles. The van der Waals surface area contributed by atoms with Crippen LogP contribution in [0.1, 0.15) is 43.5 Å². The Balaban J connectivity index is 2.16. The van der Waals surface area contributed by atoms with Crippen LogP contribution in [-0.2, 0) is 0 Å². The van der Waals surface area contributed by atoms with Gasteiger partial charge in [-0.2, -0.15) is 0 Å². The molecule has 0 fully saturated rings. The Bertz CT molecular complexity index is 601. The van der Waals surface area contributed by atoms with Gasteiger partial charge in [0.05, 0.1) is 4.92 Å². The van der Waals surface area contributed by atoms with Crippen molar-refractivity contribution >= 4 is 5.69 Å². The Hall–Kier alpha value is -2.27. The molecule has 2 rings (SSSR count). The smallest absolute Gasteiger partial charge is 0.269 e. The van der Waals surface area contributed by atoms with E-state index in [4.69, 9.17) is 0 Å². The van der Waals surface area contributed by atoms with Gasteiger partial charge in [-0.1, -0.05) is 25.1 Å². The van der Waals surface area contributed by atoms with E-state index in [9.17, 15) is 10.1 Å². The quantitative estimate of drug-likeness (QED) is 0.647. The molecule has 0 saturated carbocycles. The van der Waals surface area contributed by atoms with Crippen molar-refractivity contribution in [1.82, 2.24) is 10.3 Å². The van der Waals surface area contributed by atoms with Crippen molar-refractivity contribution in [2.45, 2.75) is 32.4 Å². The van der Waals surface area contributed by atoms with Gasteiger partial charge in [0.1, 0.15) is 0 Å². The Morgan fingerprint density at radius 2 is 2.05 bits per heavy atom. The SMILES string of the molecule is CCC(NC(C)c1cccnc1)c1cccc([N+](=O)[O-])c1. The summed E-state index contributed by atoms with van der Waals surface area (Å²) in [6.07, 6.45) is 4.43. The molecule has 0 spiro atoms. The highest BCUT2D eigenvalue weighted by molar-refractivity contribution is 5.36. The highest BCUT2D eigenvalue weighted by atomic mass is 16.6. The molecule has 1 N–H and O–H groups in total. The second-order valence-electron chi connectivity index (χ2n) is 4.99. The van der Waals surface area contributed by atoms with Crippen LogP contribution >= 0.6 is 0 Å². The number of aromatic nitrogens is 1. The number of hydrogen-bond acceptors (Lipinski definition) is 4. The summed E-state index contributed by atoms with van der Waals surface area (Å²) in [4.78, 5) is 14.6. The number of nitro groups is 1. The lowest BCUT2D eigenvalue weighted by molar-refractivity contribution is -0.384. The number of pyridine rings is 1. The van der Waals surface area contributed by atoms with Crippen LogP contribution in [0.4, 0.5) is 5.69 Å². The van der Waals surface area contributed by atoms with Crippen molar-refractivity contribution in [2.24, 2.45) is 0 Å². The predicted octanol–water partition coefficient (Wildman–Crippen LogP) is 3.79. The molecule has 0 aliphatic rings. The minimum Gasteiger partial charge on any atom is -0.303 e. The lowest BCUT2D eigenvalue weighted by Crippen LogP contribution is -2.24. The molecule has 1 heterocycles. The molecule has 2 aromatic rings. The van der Waals surface area contributed by atoms with Crippen molar-refractivity contribution in [3.8, 4) is 0 Å². The number of nitrogens with one attached hydrogen (secondary N) is 1. The Morgan fingerprint density at radius 1 is 1.29 bits per heavy atom. The van der Waals surface area contributed by atoms with Gasteiger partial charge < -0.3 is 5.32 Å². The van der Waals surface area contributed by atoms with Crippen LogP contribution in [0.2, 0.25) is 0 Å². The maximum Gasteiger partial charge on any atom is 0.269 e. The fourth-order valence-corrected chi connectivity index (χ4v) is 2.33. The topological polar surface area (TPSA) is 68.1 Å². The molecule has 0 radical (unpaired) electrons. The molecular weight excluding hydrogens is 266 g/mol. The summed E-state index contributed by atoms with van der Waals surface area (Å²) in [7, 11) is 0. The maximum absolute atomic E-state index is 10.9. The number of hydrogen-bond donors (Lipinski definition) is 1. The maximum atomic E-state index is 10.9. The van der Waals surface area contributed by atoms with Crippen LogP contribution in [0, 0.1) is 10.1 Å². The van der Waals surface area contributed by atoms with E-state index in [1.54, 1.807) is 18.3 Å². The zero-order valence-corrected chi connectivity index (χ0v) is 12.2. The Labute approximate surface area is 124 Å².